The van der Waals surface area contributed by atoms with Crippen molar-refractivity contribution < 1.29 is 48.8 Å². The maximum atomic E-state index is 11.6. The van der Waals surface area contributed by atoms with Gasteiger partial charge in [0.25, 0.3) is 0 Å². The Morgan fingerprint density at radius 1 is 0.634 bits per heavy atom. The van der Waals surface area contributed by atoms with Gasteiger partial charge in [-0.3, -0.25) is 0 Å². The van der Waals surface area contributed by atoms with E-state index in [4.69, 9.17) is 29.5 Å². The minimum atomic E-state index is -0.474. The number of aliphatic hydroxyl groups is 2. The lowest BCUT2D eigenvalue weighted by Crippen LogP contribution is -2.24. The van der Waals surface area contributed by atoms with Crippen molar-refractivity contribution >= 4 is 95.6 Å². The van der Waals surface area contributed by atoms with Crippen molar-refractivity contribution in [1.29, 1.82) is 0 Å². The van der Waals surface area contributed by atoms with Gasteiger partial charge >= 0.3 is 12.2 Å². The fourth-order valence-electron chi connectivity index (χ4n) is 1.83. The maximum absolute atomic E-state index is 11.6. The number of hydrogen-bond acceptors (Lipinski definition) is 18. The third kappa shape index (κ3) is 35.5. The second kappa shape index (κ2) is 35.6. The zero-order valence-electron chi connectivity index (χ0n) is 22.7. The Bertz CT molecular complexity index is 662. The van der Waals surface area contributed by atoms with Crippen molar-refractivity contribution in [3.63, 3.8) is 0 Å². The molecule has 0 saturated heterocycles. The second-order valence-corrected chi connectivity index (χ2v) is 13.1. The average molecular weight is 701 g/mol. The van der Waals surface area contributed by atoms with Gasteiger partial charge in [-0.1, -0.05) is 0 Å². The SMILES string of the molecule is O=C(NCSCCSC/N=C/OOCSCCSCOC(=O)NCSCCSC/N=C/OOCCO)OCCCO. The molecule has 0 fully saturated rings. The highest BCUT2D eigenvalue weighted by molar-refractivity contribution is 8.03. The zero-order chi connectivity index (χ0) is 29.9. The molecule has 41 heavy (non-hydrogen) atoms. The van der Waals surface area contributed by atoms with Crippen LogP contribution < -0.4 is 10.6 Å². The van der Waals surface area contributed by atoms with Gasteiger partial charge in [0.2, 0.25) is 12.8 Å². The first-order chi connectivity index (χ1) is 20.2. The lowest BCUT2D eigenvalue weighted by atomic mass is 10.5. The molecule has 20 heteroatoms. The summed E-state index contributed by atoms with van der Waals surface area (Å²) in [6, 6.07) is 0. The molecule has 0 atom stereocenters. The smallest absolute Gasteiger partial charge is 0.408 e. The van der Waals surface area contributed by atoms with Gasteiger partial charge in [-0.15, -0.1) is 70.6 Å². The molecule has 0 spiro atoms. The summed E-state index contributed by atoms with van der Waals surface area (Å²) in [4.78, 5) is 50.0. The summed E-state index contributed by atoms with van der Waals surface area (Å²) in [5, 5.41) is 22.4. The van der Waals surface area contributed by atoms with E-state index in [9.17, 15) is 9.59 Å². The Hall–Kier alpha value is -0.580. The van der Waals surface area contributed by atoms with Crippen LogP contribution in [0.15, 0.2) is 9.98 Å². The monoisotopic (exact) mass is 700 g/mol. The Labute approximate surface area is 266 Å². The Balaban J connectivity index is 3.26. The van der Waals surface area contributed by atoms with Crippen molar-refractivity contribution in [3.05, 3.63) is 0 Å². The van der Waals surface area contributed by atoms with Crippen molar-refractivity contribution in [2.45, 2.75) is 6.42 Å². The van der Waals surface area contributed by atoms with Crippen LogP contribution in [0.25, 0.3) is 0 Å². The highest BCUT2D eigenvalue weighted by Gasteiger charge is 2.02. The van der Waals surface area contributed by atoms with Gasteiger partial charge in [-0.25, -0.2) is 19.6 Å². The fourth-order valence-corrected chi connectivity index (χ4v) is 6.52. The molecule has 0 aliphatic heterocycles. The lowest BCUT2D eigenvalue weighted by Gasteiger charge is -2.06. The summed E-state index contributed by atoms with van der Waals surface area (Å²) in [7, 11) is 0. The number of alkyl carbamates (subject to hydrolysis) is 2. The first-order valence-electron chi connectivity index (χ1n) is 12.2. The number of rotatable bonds is 30. The normalized spacial score (nSPS) is 11.2. The van der Waals surface area contributed by atoms with E-state index in [1.165, 1.54) is 24.6 Å². The molecule has 14 nitrogen and oxygen atoms in total. The van der Waals surface area contributed by atoms with Crippen LogP contribution in [0.2, 0.25) is 0 Å². The number of aliphatic imine (C=N–C) groups is 2. The molecule has 0 radical (unpaired) electrons. The van der Waals surface area contributed by atoms with Crippen molar-refractivity contribution in [3.8, 4) is 0 Å². The first-order valence-corrected chi connectivity index (χ1v) is 19.2. The van der Waals surface area contributed by atoms with Gasteiger partial charge in [0.1, 0.15) is 18.5 Å². The number of amides is 2. The predicted molar refractivity (Wildman–Crippen MR) is 173 cm³/mol. The van der Waals surface area contributed by atoms with E-state index in [0.29, 0.717) is 35.9 Å². The minimum Gasteiger partial charge on any atom is -0.449 e. The van der Waals surface area contributed by atoms with E-state index >= 15 is 0 Å². The quantitative estimate of drug-likeness (QED) is 0.0214. The average Bonchev–Trinajstić information content (AvgIpc) is 2.97. The highest BCUT2D eigenvalue weighted by atomic mass is 32.2. The van der Waals surface area contributed by atoms with Gasteiger partial charge < -0.3 is 40.1 Å². The van der Waals surface area contributed by atoms with Crippen LogP contribution in [0.1, 0.15) is 6.42 Å². The van der Waals surface area contributed by atoms with E-state index in [0.717, 1.165) is 34.5 Å². The molecule has 0 aromatic rings. The van der Waals surface area contributed by atoms with Gasteiger partial charge in [0.15, 0.2) is 0 Å². The number of ether oxygens (including phenoxy) is 2. The van der Waals surface area contributed by atoms with Gasteiger partial charge in [-0.05, 0) is 0 Å². The maximum Gasteiger partial charge on any atom is 0.408 e. The molecule has 4 N–H and O–H groups in total. The predicted octanol–water partition coefficient (Wildman–Crippen LogP) is 2.91. The third-order valence-corrected chi connectivity index (χ3v) is 9.21. The molecular formula is C21H40N4O10S6. The number of carbonyl (C=O) groups is 2. The summed E-state index contributed by atoms with van der Waals surface area (Å²) in [5.41, 5.74) is 0. The Morgan fingerprint density at radius 2 is 1.17 bits per heavy atom. The number of aliphatic hydroxyl groups excluding tert-OH is 2. The summed E-state index contributed by atoms with van der Waals surface area (Å²) in [6.45, 7) is 0.211. The van der Waals surface area contributed by atoms with E-state index in [-0.39, 0.29) is 32.4 Å². The van der Waals surface area contributed by atoms with E-state index in [1.54, 1.807) is 58.8 Å². The van der Waals surface area contributed by atoms with Crippen LogP contribution in [0.5, 0.6) is 0 Å². The zero-order valence-corrected chi connectivity index (χ0v) is 27.6. The first kappa shape index (κ1) is 40.4. The Kier molecular flexibility index (Phi) is 35.1. The molecule has 240 valence electrons. The van der Waals surface area contributed by atoms with Gasteiger partial charge in [0.05, 0.1) is 36.7 Å². The summed E-state index contributed by atoms with van der Waals surface area (Å²) in [6.07, 6.45) is 1.99. The van der Waals surface area contributed by atoms with Crippen LogP contribution >= 0.6 is 70.6 Å². The molecule has 0 saturated carbocycles. The summed E-state index contributed by atoms with van der Waals surface area (Å²) in [5.74, 6) is 7.77. The van der Waals surface area contributed by atoms with E-state index < -0.39 is 12.2 Å². The molecule has 0 aliphatic rings. The van der Waals surface area contributed by atoms with Crippen LogP contribution in [0.3, 0.4) is 0 Å². The van der Waals surface area contributed by atoms with E-state index in [2.05, 4.69) is 30.4 Å². The summed E-state index contributed by atoms with van der Waals surface area (Å²) >= 11 is 9.48. The topological polar surface area (TPSA) is 179 Å². The number of nitrogens with zero attached hydrogens (tertiary/aromatic N) is 2. The van der Waals surface area contributed by atoms with E-state index in [1.807, 2.05) is 0 Å². The van der Waals surface area contributed by atoms with Crippen LogP contribution in [0, 0.1) is 0 Å². The lowest BCUT2D eigenvalue weighted by molar-refractivity contribution is -0.221. The third-order valence-electron chi connectivity index (χ3n) is 3.57. The number of hydrogen-bond donors (Lipinski definition) is 4. The molecule has 0 heterocycles. The van der Waals surface area contributed by atoms with Gasteiger partial charge in [-0.2, -0.15) is 9.78 Å². The molecule has 2 amide bonds. The highest BCUT2D eigenvalue weighted by Crippen LogP contribution is 2.09. The molecule has 0 unspecified atom stereocenters. The van der Waals surface area contributed by atoms with Crippen molar-refractivity contribution in [2.24, 2.45) is 9.98 Å². The standard InChI is InChI=1S/C21H40N4O10S6/c26-2-1-4-30-20(28)24-16-38-8-6-37-15-23-13-34-35-19-41-11-10-40-18-31-21(29)25-17-39-9-7-36-14-22-12-33-32-5-3-27/h12-13,26-27H,1-11,14-19H2,(H,24,28)(H,25,29)/b22-12+,23-13+. The second-order valence-electron chi connectivity index (χ2n) is 6.66. The molecule has 0 aliphatic carbocycles. The summed E-state index contributed by atoms with van der Waals surface area (Å²) < 4.78 is 9.95. The van der Waals surface area contributed by atoms with Crippen molar-refractivity contribution in [2.75, 3.05) is 96.3 Å². The Morgan fingerprint density at radius 3 is 1.78 bits per heavy atom. The van der Waals surface area contributed by atoms with Crippen molar-refractivity contribution in [1.82, 2.24) is 10.6 Å². The molecule has 0 rings (SSSR count). The number of carbonyl (C=O) groups excluding carboxylic acids is 2. The largest absolute Gasteiger partial charge is 0.449 e. The minimum absolute atomic E-state index is 0.00120. The molecule has 0 aromatic carbocycles. The van der Waals surface area contributed by atoms with Crippen LogP contribution in [-0.4, -0.2) is 132 Å². The number of thioether (sulfide) groups is 6. The molecular weight excluding hydrogens is 661 g/mol. The van der Waals surface area contributed by atoms with Gasteiger partial charge in [0, 0.05) is 47.5 Å². The number of nitrogens with one attached hydrogen (secondary N) is 2. The molecule has 0 bridgehead atoms. The fraction of sp³-hybridized carbons (Fsp3) is 0.810. The molecule has 0 aromatic heterocycles. The van der Waals surface area contributed by atoms with Crippen LogP contribution in [-0.2, 0) is 29.0 Å². The van der Waals surface area contributed by atoms with Crippen LogP contribution in [0.4, 0.5) is 9.59 Å².